The lowest BCUT2D eigenvalue weighted by Gasteiger charge is -2.53. The number of rotatable bonds is 7. The van der Waals surface area contributed by atoms with E-state index in [2.05, 4.69) is 72.8 Å². The molecule has 0 saturated heterocycles. The molecule has 4 heteroatoms. The third-order valence-electron chi connectivity index (χ3n) is 11.0. The third kappa shape index (κ3) is 5.08. The minimum Gasteiger partial charge on any atom is -0.543 e. The molecule has 3 aliphatic rings. The van der Waals surface area contributed by atoms with Gasteiger partial charge < -0.3 is 14.6 Å². The molecule has 0 unspecified atom stereocenters. The fourth-order valence-electron chi connectivity index (χ4n) is 8.23. The van der Waals surface area contributed by atoms with Crippen molar-refractivity contribution in [3.05, 3.63) is 29.3 Å². The lowest BCUT2D eigenvalue weighted by molar-refractivity contribution is -0.111. The second-order valence-electron chi connectivity index (χ2n) is 15.1. The number of aliphatic hydroxyl groups excluding tert-OH is 1. The zero-order valence-corrected chi connectivity index (χ0v) is 25.7. The van der Waals surface area contributed by atoms with Gasteiger partial charge in [-0.2, -0.15) is 0 Å². The predicted octanol–water partition coefficient (Wildman–Crippen LogP) is 8.09. The summed E-state index contributed by atoms with van der Waals surface area (Å²) in [6.07, 6.45) is 7.98. The molecule has 3 nitrogen and oxygen atoms in total. The number of benzene rings is 1. The van der Waals surface area contributed by atoms with E-state index in [1.54, 1.807) is 0 Å². The van der Waals surface area contributed by atoms with Crippen molar-refractivity contribution >= 4 is 8.32 Å². The largest absolute Gasteiger partial charge is 0.543 e. The van der Waals surface area contributed by atoms with Gasteiger partial charge in [-0.05, 0) is 116 Å². The molecule has 2 saturated carbocycles. The van der Waals surface area contributed by atoms with Crippen LogP contribution in [0.5, 0.6) is 5.75 Å². The lowest BCUT2D eigenvalue weighted by atomic mass is 9.52. The Morgan fingerprint density at radius 3 is 2.47 bits per heavy atom. The number of hydrogen-bond donors (Lipinski definition) is 2. The van der Waals surface area contributed by atoms with Gasteiger partial charge in [0.15, 0.2) is 0 Å². The molecule has 7 atom stereocenters. The van der Waals surface area contributed by atoms with E-state index in [0.29, 0.717) is 23.7 Å². The molecular weight excluding hydrogens is 460 g/mol. The molecule has 0 bridgehead atoms. The van der Waals surface area contributed by atoms with Crippen LogP contribution in [0, 0.1) is 29.1 Å². The summed E-state index contributed by atoms with van der Waals surface area (Å²) >= 11 is 0. The molecule has 3 aliphatic carbocycles. The van der Waals surface area contributed by atoms with Crippen LogP contribution >= 0.6 is 0 Å². The van der Waals surface area contributed by atoms with Gasteiger partial charge in [-0.15, -0.1) is 0 Å². The van der Waals surface area contributed by atoms with Crippen molar-refractivity contribution in [2.24, 2.45) is 29.1 Å². The molecule has 0 aromatic heterocycles. The fraction of sp³-hybridized carbons (Fsp3) is 0.812. The van der Waals surface area contributed by atoms with Gasteiger partial charge in [0.1, 0.15) is 5.75 Å². The highest BCUT2D eigenvalue weighted by Gasteiger charge is 2.62. The number of aliphatic hydroxyl groups is 2. The Balaban J connectivity index is 1.53. The Bertz CT molecular complexity index is 930. The van der Waals surface area contributed by atoms with E-state index in [9.17, 15) is 10.2 Å². The lowest BCUT2D eigenvalue weighted by Crippen LogP contribution is -2.50. The summed E-state index contributed by atoms with van der Waals surface area (Å²) in [7, 11) is -1.85. The first kappa shape index (κ1) is 28.2. The van der Waals surface area contributed by atoms with Crippen LogP contribution in [0.4, 0.5) is 0 Å². The van der Waals surface area contributed by atoms with Crippen molar-refractivity contribution in [2.45, 2.75) is 136 Å². The molecule has 0 heterocycles. The number of fused-ring (bicyclic) bond motifs is 5. The molecule has 2 fully saturated rings. The fourth-order valence-corrected chi connectivity index (χ4v) is 9.25. The summed E-state index contributed by atoms with van der Waals surface area (Å²) in [4.78, 5) is 0. The maximum absolute atomic E-state index is 11.7. The number of aryl methyl sites for hydroxylation is 1. The molecular formula is C32H54O3Si. The van der Waals surface area contributed by atoms with Crippen LogP contribution < -0.4 is 4.43 Å². The van der Waals surface area contributed by atoms with Crippen LogP contribution in [-0.2, 0) is 6.42 Å². The summed E-state index contributed by atoms with van der Waals surface area (Å²) in [5.41, 5.74) is 2.22. The Hall–Kier alpha value is -0.843. The average Bonchev–Trinajstić information content (AvgIpc) is 3.02. The van der Waals surface area contributed by atoms with Crippen molar-refractivity contribution < 1.29 is 14.6 Å². The van der Waals surface area contributed by atoms with Crippen LogP contribution in [0.15, 0.2) is 18.2 Å². The second-order valence-corrected chi connectivity index (χ2v) is 19.8. The first-order valence-electron chi connectivity index (χ1n) is 14.8. The quantitative estimate of drug-likeness (QED) is 0.361. The van der Waals surface area contributed by atoms with Crippen LogP contribution in [0.2, 0.25) is 18.1 Å². The van der Waals surface area contributed by atoms with Gasteiger partial charge in [-0.3, -0.25) is 0 Å². The third-order valence-corrected chi connectivity index (χ3v) is 15.4. The molecule has 4 rings (SSSR count). The average molecular weight is 515 g/mol. The monoisotopic (exact) mass is 514 g/mol. The van der Waals surface area contributed by atoms with E-state index >= 15 is 0 Å². The molecule has 0 radical (unpaired) electrons. The molecule has 1 aromatic rings. The molecule has 2 N–H and O–H groups in total. The van der Waals surface area contributed by atoms with Gasteiger partial charge >= 0.3 is 0 Å². The molecule has 204 valence electrons. The Morgan fingerprint density at radius 1 is 1.14 bits per heavy atom. The molecule has 0 aliphatic heterocycles. The van der Waals surface area contributed by atoms with Gasteiger partial charge in [0.05, 0.1) is 11.7 Å². The zero-order chi connectivity index (χ0) is 26.7. The highest BCUT2D eigenvalue weighted by molar-refractivity contribution is 6.74. The SMILES string of the molecule is CC(C)CCC[C@](C)(O)[C@H]1[C@@H](O)C[C@H]2[C@@H]3CCc4cc(O[Si](C)(C)C(C)(C)C)ccc4[C@H]3CC[C@@]21C. The van der Waals surface area contributed by atoms with E-state index in [1.165, 1.54) is 24.0 Å². The molecule has 1 aromatic carbocycles. The smallest absolute Gasteiger partial charge is 0.250 e. The Labute approximate surface area is 222 Å². The summed E-state index contributed by atoms with van der Waals surface area (Å²) in [6.45, 7) is 20.5. The van der Waals surface area contributed by atoms with E-state index in [-0.39, 0.29) is 16.4 Å². The van der Waals surface area contributed by atoms with Gasteiger partial charge in [0.25, 0.3) is 0 Å². The van der Waals surface area contributed by atoms with Crippen LogP contribution in [0.1, 0.15) is 110 Å². The van der Waals surface area contributed by atoms with E-state index in [1.807, 2.05) is 6.92 Å². The Kier molecular flexibility index (Phi) is 7.61. The summed E-state index contributed by atoms with van der Waals surface area (Å²) in [6, 6.07) is 6.93. The minimum atomic E-state index is -1.85. The topological polar surface area (TPSA) is 49.7 Å². The van der Waals surface area contributed by atoms with Crippen molar-refractivity contribution in [2.75, 3.05) is 0 Å². The van der Waals surface area contributed by atoms with Crippen LogP contribution in [0.3, 0.4) is 0 Å². The van der Waals surface area contributed by atoms with Crippen molar-refractivity contribution in [3.63, 3.8) is 0 Å². The van der Waals surface area contributed by atoms with E-state index in [0.717, 1.165) is 44.3 Å². The van der Waals surface area contributed by atoms with Gasteiger partial charge in [0.2, 0.25) is 8.32 Å². The second kappa shape index (κ2) is 9.72. The van der Waals surface area contributed by atoms with Crippen LogP contribution in [0.25, 0.3) is 0 Å². The maximum Gasteiger partial charge on any atom is 0.250 e. The summed E-state index contributed by atoms with van der Waals surface area (Å²) < 4.78 is 6.64. The normalized spacial score (nSPS) is 34.1. The van der Waals surface area contributed by atoms with E-state index in [4.69, 9.17) is 4.43 Å². The molecule has 0 spiro atoms. The minimum absolute atomic E-state index is 0.0187. The Morgan fingerprint density at radius 2 is 1.83 bits per heavy atom. The van der Waals surface area contributed by atoms with E-state index < -0.39 is 20.0 Å². The van der Waals surface area contributed by atoms with Gasteiger partial charge in [-0.25, -0.2) is 0 Å². The van der Waals surface area contributed by atoms with Crippen molar-refractivity contribution in [1.29, 1.82) is 0 Å². The standard InChI is InChI=1S/C32H54O3Si/c1-21(2)11-10-17-32(7,34)29-28(33)20-27-26-14-12-22-19-23(35-36(8,9)30(3,4)5)13-15-24(22)25(26)16-18-31(27,29)6/h13,15,19,21,25-29,33-34H,10-12,14,16-18,20H2,1-9H3/t25-,26-,27+,28+,29+,31+,32+/m1/s1. The molecule has 0 amide bonds. The predicted molar refractivity (Wildman–Crippen MR) is 153 cm³/mol. The van der Waals surface area contributed by atoms with Gasteiger partial charge in [-0.1, -0.05) is 60.5 Å². The van der Waals surface area contributed by atoms with Crippen molar-refractivity contribution in [1.82, 2.24) is 0 Å². The summed E-state index contributed by atoms with van der Waals surface area (Å²) in [5, 5.41) is 23.2. The first-order valence-corrected chi connectivity index (χ1v) is 17.7. The molecule has 36 heavy (non-hydrogen) atoms. The highest BCUT2D eigenvalue weighted by Crippen LogP contribution is 2.65. The highest BCUT2D eigenvalue weighted by atomic mass is 28.4. The summed E-state index contributed by atoms with van der Waals surface area (Å²) in [5.74, 6) is 3.35. The van der Waals surface area contributed by atoms with Crippen molar-refractivity contribution in [3.8, 4) is 5.75 Å². The zero-order valence-electron chi connectivity index (χ0n) is 24.7. The number of hydrogen-bond acceptors (Lipinski definition) is 3. The van der Waals surface area contributed by atoms with Crippen LogP contribution in [-0.4, -0.2) is 30.2 Å². The first-order chi connectivity index (χ1) is 16.6. The van der Waals surface area contributed by atoms with Gasteiger partial charge in [0, 0.05) is 5.92 Å². The maximum atomic E-state index is 11.7.